The van der Waals surface area contributed by atoms with Crippen LogP contribution in [0.2, 0.25) is 0 Å². The van der Waals surface area contributed by atoms with Gasteiger partial charge in [0.15, 0.2) is 0 Å². The minimum absolute atomic E-state index is 0.221. The number of nitrogens with one attached hydrogen (secondary N) is 1. The molecule has 0 saturated carbocycles. The molecule has 23 heavy (non-hydrogen) atoms. The highest BCUT2D eigenvalue weighted by Crippen LogP contribution is 2.16. The van der Waals surface area contributed by atoms with Crippen molar-refractivity contribution in [2.24, 2.45) is 0 Å². The summed E-state index contributed by atoms with van der Waals surface area (Å²) in [5.74, 6) is -0.221. The Morgan fingerprint density at radius 3 is 2.74 bits per heavy atom. The number of amides is 1. The van der Waals surface area contributed by atoms with Gasteiger partial charge in [0.2, 0.25) is 0 Å². The van der Waals surface area contributed by atoms with Crippen molar-refractivity contribution < 1.29 is 4.79 Å². The van der Waals surface area contributed by atoms with Gasteiger partial charge in [0.1, 0.15) is 5.52 Å². The van der Waals surface area contributed by atoms with E-state index in [2.05, 4.69) is 22.6 Å². The van der Waals surface area contributed by atoms with E-state index in [4.69, 9.17) is 5.26 Å². The maximum atomic E-state index is 12.3. The van der Waals surface area contributed by atoms with Gasteiger partial charge in [-0.2, -0.15) is 5.26 Å². The van der Waals surface area contributed by atoms with Crippen LogP contribution in [-0.2, 0) is 6.54 Å². The van der Waals surface area contributed by atoms with E-state index in [1.54, 1.807) is 36.4 Å². The minimum atomic E-state index is -0.221. The standard InChI is InChI=1S/C17H15N5O/c1-2-9-22-16-8-5-13(10-15(16)20-21-22)17(23)19-14-6-3-12(11-18)4-7-14/h3-8,10H,2,9H2,1H3,(H,19,23). The van der Waals surface area contributed by atoms with Gasteiger partial charge < -0.3 is 5.32 Å². The molecule has 0 fully saturated rings. The van der Waals surface area contributed by atoms with Gasteiger partial charge in [0.05, 0.1) is 17.1 Å². The van der Waals surface area contributed by atoms with Gasteiger partial charge in [-0.3, -0.25) is 4.79 Å². The van der Waals surface area contributed by atoms with Crippen LogP contribution in [0.15, 0.2) is 42.5 Å². The summed E-state index contributed by atoms with van der Waals surface area (Å²) in [7, 11) is 0. The maximum Gasteiger partial charge on any atom is 0.255 e. The summed E-state index contributed by atoms with van der Waals surface area (Å²) in [6.07, 6.45) is 0.972. The van der Waals surface area contributed by atoms with Gasteiger partial charge in [-0.05, 0) is 48.9 Å². The molecule has 6 nitrogen and oxygen atoms in total. The largest absolute Gasteiger partial charge is 0.322 e. The number of aromatic nitrogens is 3. The van der Waals surface area contributed by atoms with Crippen LogP contribution < -0.4 is 5.32 Å². The third-order valence-corrected chi connectivity index (χ3v) is 3.48. The van der Waals surface area contributed by atoms with Crippen LogP contribution in [0.3, 0.4) is 0 Å². The average Bonchev–Trinajstić information content (AvgIpc) is 2.98. The fourth-order valence-electron chi connectivity index (χ4n) is 2.32. The van der Waals surface area contributed by atoms with Crippen LogP contribution in [0.4, 0.5) is 5.69 Å². The third kappa shape index (κ3) is 3.04. The molecular formula is C17H15N5O. The first-order chi connectivity index (χ1) is 11.2. The highest BCUT2D eigenvalue weighted by molar-refractivity contribution is 6.05. The molecule has 0 bridgehead atoms. The van der Waals surface area contributed by atoms with Gasteiger partial charge in [-0.1, -0.05) is 12.1 Å². The molecule has 3 aromatic rings. The van der Waals surface area contributed by atoms with Crippen molar-refractivity contribution in [1.29, 1.82) is 5.26 Å². The highest BCUT2D eigenvalue weighted by Gasteiger charge is 2.10. The molecule has 1 heterocycles. The molecule has 6 heteroatoms. The zero-order valence-corrected chi connectivity index (χ0v) is 12.7. The molecule has 0 radical (unpaired) electrons. The monoisotopic (exact) mass is 305 g/mol. The second-order valence-electron chi connectivity index (χ2n) is 5.16. The molecule has 0 aliphatic heterocycles. The predicted octanol–water partition coefficient (Wildman–Crippen LogP) is 2.97. The van der Waals surface area contributed by atoms with Crippen molar-refractivity contribution in [2.45, 2.75) is 19.9 Å². The Morgan fingerprint density at radius 2 is 2.04 bits per heavy atom. The molecule has 114 valence electrons. The van der Waals surface area contributed by atoms with E-state index in [0.717, 1.165) is 18.5 Å². The van der Waals surface area contributed by atoms with Crippen LogP contribution in [0, 0.1) is 11.3 Å². The molecule has 1 N–H and O–H groups in total. The van der Waals surface area contributed by atoms with Crippen molar-refractivity contribution in [3.05, 3.63) is 53.6 Å². The summed E-state index contributed by atoms with van der Waals surface area (Å²) in [5.41, 5.74) is 3.33. The lowest BCUT2D eigenvalue weighted by Gasteiger charge is -2.05. The Morgan fingerprint density at radius 1 is 1.26 bits per heavy atom. The lowest BCUT2D eigenvalue weighted by atomic mass is 10.1. The molecule has 0 atom stereocenters. The summed E-state index contributed by atoms with van der Waals surface area (Å²) < 4.78 is 1.83. The SMILES string of the molecule is CCCn1nnc2cc(C(=O)Nc3ccc(C#N)cc3)ccc21. The quantitative estimate of drug-likeness (QED) is 0.803. The van der Waals surface area contributed by atoms with Crippen LogP contribution in [0.25, 0.3) is 11.0 Å². The molecule has 0 aliphatic carbocycles. The number of nitrogens with zero attached hydrogens (tertiary/aromatic N) is 4. The van der Waals surface area contributed by atoms with Crippen molar-refractivity contribution in [3.63, 3.8) is 0 Å². The van der Waals surface area contributed by atoms with Gasteiger partial charge >= 0.3 is 0 Å². The maximum absolute atomic E-state index is 12.3. The summed E-state index contributed by atoms with van der Waals surface area (Å²) in [4.78, 5) is 12.3. The van der Waals surface area contributed by atoms with Crippen molar-refractivity contribution in [2.75, 3.05) is 5.32 Å². The topological polar surface area (TPSA) is 83.6 Å². The number of hydrogen-bond acceptors (Lipinski definition) is 4. The fraction of sp³-hybridized carbons (Fsp3) is 0.176. The van der Waals surface area contributed by atoms with E-state index in [0.29, 0.717) is 22.3 Å². The smallest absolute Gasteiger partial charge is 0.255 e. The summed E-state index contributed by atoms with van der Waals surface area (Å²) in [6, 6.07) is 14.1. The number of rotatable bonds is 4. The number of nitriles is 1. The number of benzene rings is 2. The third-order valence-electron chi connectivity index (χ3n) is 3.48. The molecule has 0 unspecified atom stereocenters. The van der Waals surface area contributed by atoms with Crippen molar-refractivity contribution in [3.8, 4) is 6.07 Å². The van der Waals surface area contributed by atoms with E-state index in [1.165, 1.54) is 0 Å². The van der Waals surface area contributed by atoms with E-state index in [-0.39, 0.29) is 5.91 Å². The zero-order valence-electron chi connectivity index (χ0n) is 12.7. The Balaban J connectivity index is 1.81. The Hall–Kier alpha value is -3.20. The lowest BCUT2D eigenvalue weighted by molar-refractivity contribution is 0.102. The number of carbonyl (C=O) groups excluding carboxylic acids is 1. The molecule has 0 aliphatic rings. The summed E-state index contributed by atoms with van der Waals surface area (Å²) in [5, 5.41) is 19.8. The first-order valence-corrected chi connectivity index (χ1v) is 7.36. The molecule has 3 rings (SSSR count). The number of carbonyl (C=O) groups is 1. The van der Waals surface area contributed by atoms with Crippen molar-refractivity contribution in [1.82, 2.24) is 15.0 Å². The number of aryl methyl sites for hydroxylation is 1. The lowest BCUT2D eigenvalue weighted by Crippen LogP contribution is -2.11. The van der Waals surface area contributed by atoms with Crippen LogP contribution >= 0.6 is 0 Å². The second kappa shape index (κ2) is 6.28. The second-order valence-corrected chi connectivity index (χ2v) is 5.16. The highest BCUT2D eigenvalue weighted by atomic mass is 16.1. The van der Waals surface area contributed by atoms with Crippen LogP contribution in [0.5, 0.6) is 0 Å². The van der Waals surface area contributed by atoms with E-state index in [1.807, 2.05) is 16.8 Å². The molecule has 2 aromatic carbocycles. The Labute approximate surface area is 133 Å². The number of anilines is 1. The number of hydrogen-bond donors (Lipinski definition) is 1. The molecule has 0 spiro atoms. The van der Waals surface area contributed by atoms with Gasteiger partial charge in [0.25, 0.3) is 5.91 Å². The molecule has 0 saturated heterocycles. The van der Waals surface area contributed by atoms with E-state index < -0.39 is 0 Å². The normalized spacial score (nSPS) is 10.4. The van der Waals surface area contributed by atoms with Crippen LogP contribution in [-0.4, -0.2) is 20.9 Å². The minimum Gasteiger partial charge on any atom is -0.322 e. The first-order valence-electron chi connectivity index (χ1n) is 7.36. The van der Waals surface area contributed by atoms with E-state index in [9.17, 15) is 4.79 Å². The summed E-state index contributed by atoms with van der Waals surface area (Å²) >= 11 is 0. The average molecular weight is 305 g/mol. The van der Waals surface area contributed by atoms with E-state index >= 15 is 0 Å². The van der Waals surface area contributed by atoms with Gasteiger partial charge in [0, 0.05) is 17.8 Å². The number of fused-ring (bicyclic) bond motifs is 1. The van der Waals surface area contributed by atoms with Gasteiger partial charge in [-0.15, -0.1) is 5.10 Å². The first kappa shape index (κ1) is 14.7. The fourth-order valence-corrected chi connectivity index (χ4v) is 2.32. The molecular weight excluding hydrogens is 290 g/mol. The molecule has 1 aromatic heterocycles. The Kier molecular flexibility index (Phi) is 4.02. The van der Waals surface area contributed by atoms with Crippen molar-refractivity contribution >= 4 is 22.6 Å². The molecule has 1 amide bonds. The van der Waals surface area contributed by atoms with Gasteiger partial charge in [-0.25, -0.2) is 4.68 Å². The zero-order chi connectivity index (χ0) is 16.2. The predicted molar refractivity (Wildman–Crippen MR) is 86.9 cm³/mol. The van der Waals surface area contributed by atoms with Crippen LogP contribution in [0.1, 0.15) is 29.3 Å². The Bertz CT molecular complexity index is 889. The summed E-state index contributed by atoms with van der Waals surface area (Å²) in [6.45, 7) is 2.88.